The van der Waals surface area contributed by atoms with E-state index in [-0.39, 0.29) is 6.33 Å². The molecule has 0 saturated heterocycles. The van der Waals surface area contributed by atoms with Gasteiger partial charge >= 0.3 is 124 Å². The Bertz CT molecular complexity index is 296. The van der Waals surface area contributed by atoms with Crippen LogP contribution in [0.15, 0.2) is 11.0 Å². The molecule has 0 amide bonds. The van der Waals surface area contributed by atoms with Crippen molar-refractivity contribution >= 4 is 59.9 Å². The van der Waals surface area contributed by atoms with Crippen LogP contribution >= 0.6 is 41.0 Å². The van der Waals surface area contributed by atoms with Crippen LogP contribution in [0.1, 0.15) is 19.3 Å². The molecule has 1 radical (unpaired) electrons. The Balaban J connectivity index is 2.31. The molecule has 0 aliphatic heterocycles. The van der Waals surface area contributed by atoms with Gasteiger partial charge in [0.25, 0.3) is 0 Å². The van der Waals surface area contributed by atoms with Gasteiger partial charge in [0.1, 0.15) is 0 Å². The van der Waals surface area contributed by atoms with Gasteiger partial charge in [-0.2, -0.15) is 0 Å². The molecule has 1 saturated carbocycles. The van der Waals surface area contributed by atoms with Crippen molar-refractivity contribution in [3.8, 4) is 0 Å². The predicted molar refractivity (Wildman–Crippen MR) is 85.7 cm³/mol. The van der Waals surface area contributed by atoms with Crippen molar-refractivity contribution < 1.29 is 0 Å². The Labute approximate surface area is 123 Å². The second kappa shape index (κ2) is 6.20. The van der Waals surface area contributed by atoms with E-state index in [1.807, 2.05) is 17.3 Å². The van der Waals surface area contributed by atoms with Crippen molar-refractivity contribution in [2.24, 2.45) is 11.8 Å². The zero-order chi connectivity index (χ0) is 11.7. The van der Waals surface area contributed by atoms with Crippen LogP contribution in [0, 0.1) is 11.8 Å². The topological polar surface area (TPSA) is 3.24 Å². The minimum atomic E-state index is -0.356. The molecule has 1 nitrogen and oxygen atoms in total. The van der Waals surface area contributed by atoms with E-state index in [4.69, 9.17) is 0 Å². The molecule has 0 aromatic carbocycles. The van der Waals surface area contributed by atoms with Gasteiger partial charge in [-0.15, -0.1) is 0 Å². The van der Waals surface area contributed by atoms with Crippen LogP contribution in [0.2, 0.25) is 0 Å². The average Bonchev–Trinajstić information content (AvgIpc) is 2.90. The van der Waals surface area contributed by atoms with Crippen LogP contribution in [-0.4, -0.2) is 40.6 Å². The van der Waals surface area contributed by atoms with Crippen molar-refractivity contribution in [2.75, 3.05) is 18.8 Å². The summed E-state index contributed by atoms with van der Waals surface area (Å²) < 4.78 is 2.57. The van der Waals surface area contributed by atoms with Gasteiger partial charge in [-0.05, 0) is 0 Å². The Morgan fingerprint density at radius 2 is 1.81 bits per heavy atom. The second-order valence-corrected chi connectivity index (χ2v) is 15.0. The summed E-state index contributed by atoms with van der Waals surface area (Å²) in [5.41, 5.74) is 1.77. The summed E-state index contributed by atoms with van der Waals surface area (Å²) >= 11 is 7.46. The molecule has 0 N–H and O–H groups in total. The third-order valence-electron chi connectivity index (χ3n) is 3.58. The normalized spacial score (nSPS) is 28.2. The van der Waals surface area contributed by atoms with E-state index >= 15 is 0 Å². The van der Waals surface area contributed by atoms with Gasteiger partial charge in [-0.3, -0.25) is 0 Å². The monoisotopic (exact) mass is 349 g/mol. The molecule has 1 fully saturated rings. The Hall–Kier alpha value is 1.66. The van der Waals surface area contributed by atoms with Crippen molar-refractivity contribution in [1.82, 2.24) is 3.01 Å². The fraction of sp³-hybridized carbons (Fsp3) is 0.800. The first kappa shape index (κ1) is 14.1. The summed E-state index contributed by atoms with van der Waals surface area (Å²) in [5.74, 6) is 1.87. The summed E-state index contributed by atoms with van der Waals surface area (Å²) in [5, 5.41) is 1.89. The van der Waals surface area contributed by atoms with E-state index in [0.29, 0.717) is 0 Å². The third-order valence-corrected chi connectivity index (χ3v) is 15.0. The summed E-state index contributed by atoms with van der Waals surface area (Å²) in [6, 6.07) is 0. The summed E-state index contributed by atoms with van der Waals surface area (Å²) in [6.07, 6.45) is 10.9. The van der Waals surface area contributed by atoms with Gasteiger partial charge in [-0.1, -0.05) is 0 Å². The van der Waals surface area contributed by atoms with E-state index in [1.165, 1.54) is 38.1 Å². The Morgan fingerprint density at radius 1 is 1.19 bits per heavy atom. The predicted octanol–water partition coefficient (Wildman–Crippen LogP) is 3.79. The molecule has 6 heteroatoms. The van der Waals surface area contributed by atoms with Crippen LogP contribution in [-0.2, 0) is 0 Å². The second-order valence-electron chi connectivity index (χ2n) is 4.26. The van der Waals surface area contributed by atoms with Crippen molar-refractivity contribution in [1.29, 1.82) is 0 Å². The number of fused-ring (bicyclic) bond motifs is 2. The fourth-order valence-corrected chi connectivity index (χ4v) is 11.4. The van der Waals surface area contributed by atoms with Crippen molar-refractivity contribution in [2.45, 2.75) is 19.3 Å². The maximum absolute atomic E-state index is 2.57. The van der Waals surface area contributed by atoms with Crippen molar-refractivity contribution in [3.63, 3.8) is 0 Å². The Kier molecular flexibility index (Phi) is 5.46. The van der Waals surface area contributed by atoms with Crippen LogP contribution in [0.5, 0.6) is 0 Å². The van der Waals surface area contributed by atoms with E-state index in [0.717, 1.165) is 11.8 Å². The van der Waals surface area contributed by atoms with E-state index in [9.17, 15) is 0 Å². The quantitative estimate of drug-likeness (QED) is 0.421. The number of rotatable bonds is 5. The van der Waals surface area contributed by atoms with Gasteiger partial charge in [0.15, 0.2) is 0 Å². The first-order valence-electron chi connectivity index (χ1n) is 5.57. The summed E-state index contributed by atoms with van der Waals surface area (Å²) in [6.45, 7) is 0. The van der Waals surface area contributed by atoms with E-state index in [2.05, 4.69) is 44.5 Å². The van der Waals surface area contributed by atoms with E-state index in [1.54, 1.807) is 5.70 Å². The first-order chi connectivity index (χ1) is 7.72. The number of hydrogen-bond donors (Lipinski definition) is 0. The number of allylic oxidation sites excluding steroid dienone is 2. The van der Waals surface area contributed by atoms with Gasteiger partial charge in [0, 0.05) is 0 Å². The summed E-state index contributed by atoms with van der Waals surface area (Å²) in [4.78, 5) is 0. The molecule has 0 spiro atoms. The molecule has 2 atom stereocenters. The molecule has 16 heavy (non-hydrogen) atoms. The molecule has 2 unspecified atom stereocenters. The number of nitrogens with zero attached hydrogens (tertiary/aromatic N) is 1. The van der Waals surface area contributed by atoms with Gasteiger partial charge in [0.05, 0.1) is 0 Å². The standard InChI is InChI=1S/C10H17NPS3.Ga.H/c1-13-11-9-7-4-5-8(6-7)10(9)12(14-2)15-3;;/h7-8H,4-6H2,1-3H3;;/q-1;+1;/p+1. The molecule has 2 bridgehead atoms. The van der Waals surface area contributed by atoms with Crippen LogP contribution in [0.3, 0.4) is 0 Å². The molecule has 0 aromatic heterocycles. The molecular formula is C10H19GaNPS3+. The van der Waals surface area contributed by atoms with Crippen molar-refractivity contribution in [3.05, 3.63) is 11.0 Å². The first-order valence-corrected chi connectivity index (χ1v) is 13.5. The van der Waals surface area contributed by atoms with Gasteiger partial charge in [0.2, 0.25) is 0 Å². The molecule has 2 rings (SSSR count). The van der Waals surface area contributed by atoms with Crippen LogP contribution in [0.4, 0.5) is 0 Å². The van der Waals surface area contributed by atoms with Crippen LogP contribution < -0.4 is 0 Å². The average molecular weight is 350 g/mol. The maximum atomic E-state index is 2.57. The zero-order valence-corrected chi connectivity index (χ0v) is 16.6. The van der Waals surface area contributed by atoms with Gasteiger partial charge in [-0.25, -0.2) is 0 Å². The summed E-state index contributed by atoms with van der Waals surface area (Å²) in [7, 11) is 0. The molecule has 0 heterocycles. The minimum absolute atomic E-state index is 0.356. The third kappa shape index (κ3) is 2.50. The zero-order valence-electron chi connectivity index (χ0n) is 10.2. The molecule has 89 valence electrons. The SMILES string of the molecule is CS[N]([GaH])C1=C([PH+](SC)SC)C2CCC1C2. The van der Waals surface area contributed by atoms with Gasteiger partial charge < -0.3 is 0 Å². The van der Waals surface area contributed by atoms with Crippen LogP contribution in [0.25, 0.3) is 0 Å². The van der Waals surface area contributed by atoms with E-state index < -0.39 is 0 Å². The molecule has 2 aliphatic carbocycles. The fourth-order valence-electron chi connectivity index (χ4n) is 2.93. The molecule has 0 aromatic rings. The number of hydrogen-bond acceptors (Lipinski definition) is 4. The molecular weight excluding hydrogens is 331 g/mol. The molecule has 2 aliphatic rings. The Morgan fingerprint density at radius 3 is 2.38 bits per heavy atom.